The van der Waals surface area contributed by atoms with Crippen LogP contribution in [0.2, 0.25) is 0 Å². The van der Waals surface area contributed by atoms with Crippen molar-refractivity contribution in [2.24, 2.45) is 11.3 Å². The second kappa shape index (κ2) is 26.1. The molecule has 74 heavy (non-hydrogen) atoms. The van der Waals surface area contributed by atoms with Gasteiger partial charge in [-0.25, -0.2) is 9.59 Å². The summed E-state index contributed by atoms with van der Waals surface area (Å²) >= 11 is 0. The minimum absolute atomic E-state index is 0.0590. The zero-order valence-corrected chi connectivity index (χ0v) is 44.9. The fraction of sp³-hybridized carbons (Fsp3) is 0.561. The molecule has 1 saturated heterocycles. The number of hydrogen-bond donors (Lipinski definition) is 7. The fourth-order valence-electron chi connectivity index (χ4n) is 9.88. The van der Waals surface area contributed by atoms with E-state index in [1.54, 1.807) is 46.4 Å². The molecule has 1 heterocycles. The van der Waals surface area contributed by atoms with Crippen molar-refractivity contribution in [2.45, 2.75) is 173 Å². The molecular weight excluding hydrogens is 943 g/mol. The van der Waals surface area contributed by atoms with E-state index in [-0.39, 0.29) is 55.5 Å². The Bertz CT molecular complexity index is 2340. The van der Waals surface area contributed by atoms with Crippen LogP contribution in [0.3, 0.4) is 0 Å². The number of alkyl carbamates (subject to hydrolysis) is 2. The lowest BCUT2D eigenvalue weighted by Gasteiger charge is -2.58. The Morgan fingerprint density at radius 1 is 0.608 bits per heavy atom. The Morgan fingerprint density at radius 3 is 1.57 bits per heavy atom. The van der Waals surface area contributed by atoms with E-state index in [0.717, 1.165) is 16.7 Å². The second-order valence-corrected chi connectivity index (χ2v) is 22.7. The Morgan fingerprint density at radius 2 is 1.07 bits per heavy atom. The number of carbonyl (C=O) groups is 7. The van der Waals surface area contributed by atoms with Crippen LogP contribution >= 0.6 is 0 Å². The average molecular weight is 1020 g/mol. The average Bonchev–Trinajstić information content (AvgIpc) is 3.31. The maximum atomic E-state index is 14.6. The monoisotopic (exact) mass is 1020 g/mol. The molecule has 5 rings (SSSR count). The van der Waals surface area contributed by atoms with Gasteiger partial charge in [-0.2, -0.15) is 0 Å². The highest BCUT2D eigenvalue weighted by molar-refractivity contribution is 5.95. The number of unbranched alkanes of at least 4 members (excludes halogenated alkanes) is 1. The number of carbonyl (C=O) groups excluding carboxylic acids is 6. The Balaban J connectivity index is 1.32. The largest absolute Gasteiger partial charge is 0.480 e. The molecule has 5 atom stereocenters. The highest BCUT2D eigenvalue weighted by Gasteiger charge is 2.60. The first-order valence-corrected chi connectivity index (χ1v) is 26.1. The molecule has 7 N–H and O–H groups in total. The third-order valence-electron chi connectivity index (χ3n) is 13.4. The molecule has 1 aliphatic heterocycles. The van der Waals surface area contributed by atoms with Gasteiger partial charge in [0.05, 0.1) is 0 Å². The second-order valence-electron chi connectivity index (χ2n) is 22.7. The van der Waals surface area contributed by atoms with Crippen molar-refractivity contribution in [3.05, 3.63) is 108 Å². The summed E-state index contributed by atoms with van der Waals surface area (Å²) in [5.41, 5.74) is -0.383. The van der Waals surface area contributed by atoms with Gasteiger partial charge in [-0.3, -0.25) is 29.3 Å². The number of likely N-dealkylation sites (tertiary alicyclic amines) is 1. The molecule has 1 aliphatic carbocycles. The smallest absolute Gasteiger partial charge is 0.408 e. The summed E-state index contributed by atoms with van der Waals surface area (Å²) in [4.78, 5) is 97.9. The summed E-state index contributed by atoms with van der Waals surface area (Å²) in [6.07, 6.45) is 2.20. The molecule has 3 aromatic rings. The third kappa shape index (κ3) is 18.2. The molecule has 1 spiro atoms. The van der Waals surface area contributed by atoms with Crippen molar-refractivity contribution in [3.63, 3.8) is 0 Å². The molecule has 17 heteroatoms. The zero-order chi connectivity index (χ0) is 54.3. The van der Waals surface area contributed by atoms with Crippen molar-refractivity contribution < 1.29 is 48.1 Å². The number of piperidine rings is 1. The first-order valence-electron chi connectivity index (χ1n) is 26.1. The molecule has 2 aliphatic rings. The summed E-state index contributed by atoms with van der Waals surface area (Å²) in [5.74, 6) is -3.12. The molecule has 6 amide bonds. The minimum Gasteiger partial charge on any atom is -0.480 e. The van der Waals surface area contributed by atoms with E-state index in [2.05, 4.69) is 31.9 Å². The molecule has 0 radical (unpaired) electrons. The summed E-state index contributed by atoms with van der Waals surface area (Å²) in [6.45, 7) is 17.3. The van der Waals surface area contributed by atoms with Crippen LogP contribution in [0.5, 0.6) is 0 Å². The van der Waals surface area contributed by atoms with E-state index >= 15 is 0 Å². The summed E-state index contributed by atoms with van der Waals surface area (Å²) in [6, 6.07) is 23.4. The Hall–Kier alpha value is -6.49. The highest BCUT2D eigenvalue weighted by atomic mass is 16.6. The molecule has 0 aromatic heterocycles. The number of carboxylic acid groups (broad SMARTS) is 1. The van der Waals surface area contributed by atoms with Crippen LogP contribution in [-0.2, 0) is 46.3 Å². The maximum Gasteiger partial charge on any atom is 0.408 e. The normalized spacial score (nSPS) is 17.0. The molecule has 3 aromatic carbocycles. The van der Waals surface area contributed by atoms with Gasteiger partial charge in [0.25, 0.3) is 0 Å². The molecule has 0 bridgehead atoms. The van der Waals surface area contributed by atoms with E-state index in [0.29, 0.717) is 51.6 Å². The standard InChI is InChI=1S/C57H81N7O10/c1-38(2)33-44(60-48(66)45(34-40-21-13-10-14-22-40)61-49(67)46(35-41-23-15-11-16-24-41)62-53(72)74-55(7,8)9)47(65)59-43(27-19-20-30-58-52(71)73-54(4,5)6)50(68)64-31-28-56(29-32-64)36-57(37-56,51(69)70)63-39(3)42-25-17-12-18-26-42/h10-18,21-26,38-39,43-46,63H,19-20,27-37H2,1-9H3,(H,58,71)(H,59,65)(H,60,66)(H,61,67)(H,62,72)(H,69,70). The van der Waals surface area contributed by atoms with Crippen molar-refractivity contribution in [1.82, 2.24) is 36.8 Å². The van der Waals surface area contributed by atoms with Gasteiger partial charge in [0.2, 0.25) is 23.6 Å². The van der Waals surface area contributed by atoms with Crippen molar-refractivity contribution in [3.8, 4) is 0 Å². The van der Waals surface area contributed by atoms with Crippen LogP contribution in [0.1, 0.15) is 136 Å². The Labute approximate surface area is 437 Å². The van der Waals surface area contributed by atoms with Crippen molar-refractivity contribution >= 4 is 41.8 Å². The van der Waals surface area contributed by atoms with Gasteiger partial charge < -0.3 is 46.1 Å². The number of benzene rings is 3. The van der Waals surface area contributed by atoms with Crippen LogP contribution in [0, 0.1) is 11.3 Å². The summed E-state index contributed by atoms with van der Waals surface area (Å²) in [5, 5.41) is 28.1. The lowest BCUT2D eigenvalue weighted by atomic mass is 9.53. The van der Waals surface area contributed by atoms with Crippen LogP contribution in [-0.4, -0.2) is 112 Å². The van der Waals surface area contributed by atoms with Crippen LogP contribution < -0.4 is 31.9 Å². The van der Waals surface area contributed by atoms with Gasteiger partial charge in [-0.15, -0.1) is 0 Å². The quantitative estimate of drug-likeness (QED) is 0.0472. The van der Waals surface area contributed by atoms with Gasteiger partial charge in [0.1, 0.15) is 40.9 Å². The lowest BCUT2D eigenvalue weighted by Crippen LogP contribution is -2.67. The molecule has 404 valence electrons. The lowest BCUT2D eigenvalue weighted by molar-refractivity contribution is -0.162. The van der Waals surface area contributed by atoms with Gasteiger partial charge in [0, 0.05) is 38.5 Å². The maximum absolute atomic E-state index is 14.6. The van der Waals surface area contributed by atoms with Crippen LogP contribution in [0.25, 0.3) is 0 Å². The molecule has 1 saturated carbocycles. The topological polar surface area (TPSA) is 234 Å². The number of carboxylic acids is 1. The van der Waals surface area contributed by atoms with Gasteiger partial charge in [-0.05, 0) is 128 Å². The first-order chi connectivity index (χ1) is 34.8. The molecule has 2 fully saturated rings. The zero-order valence-electron chi connectivity index (χ0n) is 44.9. The number of hydrogen-bond acceptors (Lipinski definition) is 10. The van der Waals surface area contributed by atoms with Crippen molar-refractivity contribution in [1.29, 1.82) is 0 Å². The van der Waals surface area contributed by atoms with E-state index in [1.165, 1.54) is 0 Å². The SMILES string of the molecule is CC(C)CC(NC(=O)C(Cc1ccccc1)NC(=O)C(Cc1ccccc1)NC(=O)OC(C)(C)C)C(=O)NC(CCCCNC(=O)OC(C)(C)C)C(=O)N1CCC2(CC1)CC(NC(C)c1ccccc1)(C(=O)O)C2. The highest BCUT2D eigenvalue weighted by Crippen LogP contribution is 2.55. The third-order valence-corrected chi connectivity index (χ3v) is 13.4. The summed E-state index contributed by atoms with van der Waals surface area (Å²) in [7, 11) is 0. The number of ether oxygens (including phenoxy) is 2. The van der Waals surface area contributed by atoms with Gasteiger partial charge in [0.15, 0.2) is 0 Å². The number of nitrogens with zero attached hydrogens (tertiary/aromatic N) is 1. The van der Waals surface area contributed by atoms with Gasteiger partial charge in [-0.1, -0.05) is 105 Å². The molecule has 5 unspecified atom stereocenters. The minimum atomic E-state index is -1.19. The predicted molar refractivity (Wildman–Crippen MR) is 283 cm³/mol. The van der Waals surface area contributed by atoms with E-state index in [1.807, 2.05) is 112 Å². The fourth-order valence-corrected chi connectivity index (χ4v) is 9.88. The summed E-state index contributed by atoms with van der Waals surface area (Å²) < 4.78 is 10.9. The van der Waals surface area contributed by atoms with E-state index in [9.17, 15) is 38.7 Å². The first kappa shape index (κ1) is 58.4. The van der Waals surface area contributed by atoms with Crippen LogP contribution in [0.4, 0.5) is 9.59 Å². The van der Waals surface area contributed by atoms with Gasteiger partial charge >= 0.3 is 18.2 Å². The van der Waals surface area contributed by atoms with Crippen LogP contribution in [0.15, 0.2) is 91.0 Å². The van der Waals surface area contributed by atoms with E-state index < -0.39 is 76.8 Å². The Kier molecular flexibility index (Phi) is 20.6. The predicted octanol–water partition coefficient (Wildman–Crippen LogP) is 7.14. The number of rotatable bonds is 23. The number of aliphatic carboxylic acids is 1. The molecular formula is C57H81N7O10. The van der Waals surface area contributed by atoms with E-state index in [4.69, 9.17) is 9.47 Å². The number of nitrogens with one attached hydrogen (secondary N) is 6. The molecule has 17 nitrogen and oxygen atoms in total. The number of amides is 6. The van der Waals surface area contributed by atoms with Crippen molar-refractivity contribution in [2.75, 3.05) is 19.6 Å².